The van der Waals surface area contributed by atoms with Gasteiger partial charge in [-0.05, 0) is 25.3 Å². The molecule has 0 unspecified atom stereocenters. The Bertz CT molecular complexity index is 596. The fraction of sp³-hybridized carbons (Fsp3) is 0.333. The molecule has 0 atom stereocenters. The number of hydrogen-bond acceptors (Lipinski definition) is 2. The molecule has 1 aliphatic carbocycles. The monoisotopic (exact) mass is 298 g/mol. The van der Waals surface area contributed by atoms with E-state index < -0.39 is 0 Å². The van der Waals surface area contributed by atoms with Gasteiger partial charge in [0.2, 0.25) is 0 Å². The first-order chi connectivity index (χ1) is 9.15. The minimum atomic E-state index is -0.283. The molecule has 100 valence electrons. The number of aromatic amines is 1. The van der Waals surface area contributed by atoms with Gasteiger partial charge in [-0.1, -0.05) is 23.2 Å². The molecule has 0 aliphatic heterocycles. The van der Waals surface area contributed by atoms with E-state index in [0.29, 0.717) is 22.6 Å². The van der Waals surface area contributed by atoms with E-state index in [1.165, 1.54) is 12.5 Å². The van der Waals surface area contributed by atoms with Crippen LogP contribution in [-0.4, -0.2) is 20.7 Å². The minimum absolute atomic E-state index is 0.263. The molecule has 19 heavy (non-hydrogen) atoms. The molecule has 0 radical (unpaired) electrons. The zero-order valence-corrected chi connectivity index (χ0v) is 11.5. The number of amides is 1. The van der Waals surface area contributed by atoms with Crippen molar-refractivity contribution in [2.75, 3.05) is 5.32 Å². The average Bonchev–Trinajstić information content (AvgIpc) is 2.86. The summed E-state index contributed by atoms with van der Waals surface area (Å²) in [6, 6.07) is 3.67. The first-order valence-corrected chi connectivity index (χ1v) is 6.79. The normalized spacial score (nSPS) is 15.3. The Balaban J connectivity index is 1.77. The third kappa shape index (κ3) is 2.35. The van der Waals surface area contributed by atoms with Crippen LogP contribution in [0, 0.1) is 0 Å². The molecule has 0 saturated heterocycles. The van der Waals surface area contributed by atoms with Crippen molar-refractivity contribution in [3.05, 3.63) is 34.2 Å². The van der Waals surface area contributed by atoms with E-state index in [1.54, 1.807) is 12.3 Å². The average molecular weight is 299 g/mol. The maximum absolute atomic E-state index is 12.1. The van der Waals surface area contributed by atoms with Crippen LogP contribution in [0.25, 0.3) is 0 Å². The van der Waals surface area contributed by atoms with Crippen LogP contribution in [0.3, 0.4) is 0 Å². The topological polar surface area (TPSA) is 62.7 Å². The van der Waals surface area contributed by atoms with E-state index in [0.717, 1.165) is 12.8 Å². The maximum Gasteiger partial charge on any atom is 0.273 e. The van der Waals surface area contributed by atoms with Crippen molar-refractivity contribution in [2.45, 2.75) is 25.3 Å². The van der Waals surface area contributed by atoms with Crippen LogP contribution in [0.2, 0.25) is 10.2 Å². The van der Waals surface area contributed by atoms with Crippen molar-refractivity contribution in [1.82, 2.24) is 14.8 Å². The number of H-pyrrole nitrogens is 1. The zero-order chi connectivity index (χ0) is 13.4. The van der Waals surface area contributed by atoms with Gasteiger partial charge in [-0.15, -0.1) is 0 Å². The summed E-state index contributed by atoms with van der Waals surface area (Å²) in [7, 11) is 0. The molecule has 0 aromatic carbocycles. The fourth-order valence-electron chi connectivity index (χ4n) is 2.05. The van der Waals surface area contributed by atoms with E-state index in [1.807, 2.05) is 4.68 Å². The molecule has 7 heteroatoms. The molecule has 0 bridgehead atoms. The van der Waals surface area contributed by atoms with Crippen molar-refractivity contribution >= 4 is 34.9 Å². The molecule has 0 spiro atoms. The molecule has 2 N–H and O–H groups in total. The number of halogens is 2. The molecule has 3 rings (SSSR count). The lowest BCUT2D eigenvalue weighted by molar-refractivity contribution is 0.102. The highest BCUT2D eigenvalue weighted by Crippen LogP contribution is 2.33. The van der Waals surface area contributed by atoms with Gasteiger partial charge in [-0.25, -0.2) is 4.68 Å². The van der Waals surface area contributed by atoms with E-state index >= 15 is 0 Å². The molecule has 1 fully saturated rings. The van der Waals surface area contributed by atoms with Gasteiger partial charge in [-0.3, -0.25) is 4.79 Å². The summed E-state index contributed by atoms with van der Waals surface area (Å²) in [5, 5.41) is 7.65. The zero-order valence-electron chi connectivity index (χ0n) is 9.99. The van der Waals surface area contributed by atoms with Crippen LogP contribution in [-0.2, 0) is 0 Å². The highest BCUT2D eigenvalue weighted by Gasteiger charge is 2.23. The van der Waals surface area contributed by atoms with Gasteiger partial charge in [0.1, 0.15) is 16.7 Å². The SMILES string of the molecule is O=C(Nc1ccnn1C1CCC1)c1cc(Cl)c(Cl)[nH]1. The van der Waals surface area contributed by atoms with Crippen molar-refractivity contribution in [3.8, 4) is 0 Å². The van der Waals surface area contributed by atoms with Gasteiger partial charge in [0.05, 0.1) is 17.3 Å². The third-order valence-electron chi connectivity index (χ3n) is 3.30. The predicted octanol–water partition coefficient (Wildman–Crippen LogP) is 3.50. The standard InChI is InChI=1S/C12H12Cl2N4O/c13-8-6-9(16-11(8)14)12(19)17-10-4-5-15-18(10)7-2-1-3-7/h4-7,16H,1-3H2,(H,17,19). The predicted molar refractivity (Wildman–Crippen MR) is 73.9 cm³/mol. The van der Waals surface area contributed by atoms with Crippen molar-refractivity contribution < 1.29 is 4.79 Å². The van der Waals surface area contributed by atoms with Crippen LogP contribution in [0.4, 0.5) is 5.82 Å². The van der Waals surface area contributed by atoms with Gasteiger partial charge < -0.3 is 10.3 Å². The van der Waals surface area contributed by atoms with Crippen LogP contribution in [0.5, 0.6) is 0 Å². The number of nitrogens with zero attached hydrogens (tertiary/aromatic N) is 2. The molecular formula is C12H12Cl2N4O. The lowest BCUT2D eigenvalue weighted by Gasteiger charge is -2.27. The van der Waals surface area contributed by atoms with Gasteiger partial charge in [-0.2, -0.15) is 5.10 Å². The van der Waals surface area contributed by atoms with Crippen LogP contribution >= 0.6 is 23.2 Å². The Morgan fingerprint density at radius 1 is 1.47 bits per heavy atom. The molecule has 2 heterocycles. The van der Waals surface area contributed by atoms with Gasteiger partial charge >= 0.3 is 0 Å². The minimum Gasteiger partial charge on any atom is -0.340 e. The van der Waals surface area contributed by atoms with Crippen molar-refractivity contribution in [2.24, 2.45) is 0 Å². The Labute approximate surface area is 119 Å². The molecule has 1 aliphatic rings. The number of carbonyl (C=O) groups excluding carboxylic acids is 1. The van der Waals surface area contributed by atoms with Crippen LogP contribution in [0.1, 0.15) is 35.8 Å². The first-order valence-electron chi connectivity index (χ1n) is 6.04. The molecule has 1 amide bonds. The fourth-order valence-corrected chi connectivity index (χ4v) is 2.36. The highest BCUT2D eigenvalue weighted by molar-refractivity contribution is 6.41. The number of rotatable bonds is 3. The second kappa shape index (κ2) is 4.90. The summed E-state index contributed by atoms with van der Waals surface area (Å²) in [5.41, 5.74) is 0.330. The second-order valence-electron chi connectivity index (χ2n) is 4.54. The summed E-state index contributed by atoms with van der Waals surface area (Å²) in [4.78, 5) is 14.8. The van der Waals surface area contributed by atoms with Crippen molar-refractivity contribution in [1.29, 1.82) is 0 Å². The molecule has 2 aromatic heterocycles. The number of nitrogens with one attached hydrogen (secondary N) is 2. The quantitative estimate of drug-likeness (QED) is 0.911. The van der Waals surface area contributed by atoms with Crippen LogP contribution in [0.15, 0.2) is 18.3 Å². The molecular weight excluding hydrogens is 287 g/mol. The Kier molecular flexibility index (Phi) is 3.24. The lowest BCUT2D eigenvalue weighted by Crippen LogP contribution is -2.22. The van der Waals surface area contributed by atoms with E-state index in [4.69, 9.17) is 23.2 Å². The molecule has 5 nitrogen and oxygen atoms in total. The van der Waals surface area contributed by atoms with Crippen LogP contribution < -0.4 is 5.32 Å². The summed E-state index contributed by atoms with van der Waals surface area (Å²) >= 11 is 11.6. The van der Waals surface area contributed by atoms with Gasteiger partial charge in [0.15, 0.2) is 0 Å². The first kappa shape index (κ1) is 12.6. The largest absolute Gasteiger partial charge is 0.340 e. The smallest absolute Gasteiger partial charge is 0.273 e. The Morgan fingerprint density at radius 2 is 2.26 bits per heavy atom. The number of aromatic nitrogens is 3. The number of carbonyl (C=O) groups is 1. The summed E-state index contributed by atoms with van der Waals surface area (Å²) in [6.45, 7) is 0. The summed E-state index contributed by atoms with van der Waals surface area (Å²) < 4.78 is 1.85. The third-order valence-corrected chi connectivity index (χ3v) is 4.00. The summed E-state index contributed by atoms with van der Waals surface area (Å²) in [5.74, 6) is 0.409. The van der Waals surface area contributed by atoms with E-state index in [9.17, 15) is 4.79 Å². The molecule has 1 saturated carbocycles. The highest BCUT2D eigenvalue weighted by atomic mass is 35.5. The van der Waals surface area contributed by atoms with Crippen molar-refractivity contribution in [3.63, 3.8) is 0 Å². The number of anilines is 1. The summed E-state index contributed by atoms with van der Waals surface area (Å²) in [6.07, 6.45) is 5.10. The molecule has 2 aromatic rings. The lowest BCUT2D eigenvalue weighted by atomic mass is 9.93. The number of hydrogen-bond donors (Lipinski definition) is 2. The Hall–Kier alpha value is -1.46. The second-order valence-corrected chi connectivity index (χ2v) is 5.33. The Morgan fingerprint density at radius 3 is 2.84 bits per heavy atom. The van der Waals surface area contributed by atoms with E-state index in [2.05, 4.69) is 15.4 Å². The maximum atomic E-state index is 12.1. The van der Waals surface area contributed by atoms with Gasteiger partial charge in [0.25, 0.3) is 5.91 Å². The van der Waals surface area contributed by atoms with Gasteiger partial charge in [0, 0.05) is 6.07 Å². The van der Waals surface area contributed by atoms with E-state index in [-0.39, 0.29) is 11.1 Å².